The van der Waals surface area contributed by atoms with Crippen molar-refractivity contribution in [3.8, 4) is 23.5 Å². The molecule has 158 valence electrons. The normalized spacial score (nSPS) is 17.2. The molecule has 1 aliphatic heterocycles. The van der Waals surface area contributed by atoms with Crippen molar-refractivity contribution in [3.63, 3.8) is 0 Å². The number of anilines is 1. The number of carbonyl (C=O) groups is 2. The van der Waals surface area contributed by atoms with Crippen LogP contribution in [0.3, 0.4) is 0 Å². The van der Waals surface area contributed by atoms with Crippen LogP contribution in [0.25, 0.3) is 11.1 Å². The van der Waals surface area contributed by atoms with E-state index >= 15 is 0 Å². The Morgan fingerprint density at radius 3 is 2.48 bits per heavy atom. The van der Waals surface area contributed by atoms with Crippen molar-refractivity contribution in [1.29, 1.82) is 0 Å². The number of rotatable bonds is 6. The molecule has 1 atom stereocenters. The molecule has 0 aliphatic carbocycles. The number of hydrogen-bond acceptors (Lipinski definition) is 4. The smallest absolute Gasteiger partial charge is 0.294 e. The standard InChI is InChI=1S/C26H25NO3S/c1-5-6-7-8-9-10-21-22(24(29)26(2,3)4)23(28)25(30)27(21)20-13-11-18(12-14-20)19-15-16-31-17-19/h1,6-9,11-17,21,28H,10H2,2-4H3/b7-6-,9-8-. The fourth-order valence-corrected chi connectivity index (χ4v) is 4.15. The predicted molar refractivity (Wildman–Crippen MR) is 127 cm³/mol. The van der Waals surface area contributed by atoms with E-state index < -0.39 is 23.1 Å². The van der Waals surface area contributed by atoms with E-state index in [0.29, 0.717) is 12.1 Å². The van der Waals surface area contributed by atoms with Crippen LogP contribution in [0.4, 0.5) is 5.69 Å². The summed E-state index contributed by atoms with van der Waals surface area (Å²) in [6.45, 7) is 5.34. The molecule has 0 bridgehead atoms. The van der Waals surface area contributed by atoms with E-state index in [4.69, 9.17) is 6.42 Å². The summed E-state index contributed by atoms with van der Waals surface area (Å²) in [5.41, 5.74) is 2.20. The molecule has 2 heterocycles. The van der Waals surface area contributed by atoms with Gasteiger partial charge in [-0.05, 0) is 52.6 Å². The molecule has 0 radical (unpaired) electrons. The Hall–Kier alpha value is -3.36. The average molecular weight is 432 g/mol. The van der Waals surface area contributed by atoms with E-state index in [1.165, 1.54) is 4.90 Å². The van der Waals surface area contributed by atoms with Gasteiger partial charge in [0.15, 0.2) is 11.5 Å². The van der Waals surface area contributed by atoms with E-state index in [-0.39, 0.29) is 11.4 Å². The average Bonchev–Trinajstić information content (AvgIpc) is 3.35. The Balaban J connectivity index is 1.98. The summed E-state index contributed by atoms with van der Waals surface area (Å²) in [5.74, 6) is 1.13. The van der Waals surface area contributed by atoms with E-state index in [2.05, 4.69) is 11.3 Å². The number of ketones is 1. The molecule has 1 amide bonds. The molecule has 31 heavy (non-hydrogen) atoms. The van der Waals surface area contributed by atoms with Crippen LogP contribution in [0.1, 0.15) is 27.2 Å². The number of thiophene rings is 1. The third kappa shape index (κ3) is 4.70. The highest BCUT2D eigenvalue weighted by molar-refractivity contribution is 7.08. The van der Waals surface area contributed by atoms with Gasteiger partial charge in [-0.2, -0.15) is 11.3 Å². The lowest BCUT2D eigenvalue weighted by Crippen LogP contribution is -2.38. The fourth-order valence-electron chi connectivity index (χ4n) is 3.48. The molecule has 0 saturated carbocycles. The van der Waals surface area contributed by atoms with Crippen LogP contribution in [0.5, 0.6) is 0 Å². The van der Waals surface area contributed by atoms with Gasteiger partial charge >= 0.3 is 0 Å². The summed E-state index contributed by atoms with van der Waals surface area (Å²) in [6.07, 6.45) is 12.5. The second-order valence-electron chi connectivity index (χ2n) is 8.28. The Labute approximate surface area is 187 Å². The van der Waals surface area contributed by atoms with Crippen LogP contribution < -0.4 is 4.90 Å². The van der Waals surface area contributed by atoms with Gasteiger partial charge in [-0.15, -0.1) is 6.42 Å². The molecule has 1 aromatic carbocycles. The van der Waals surface area contributed by atoms with Crippen LogP contribution in [0.2, 0.25) is 0 Å². The molecule has 1 aliphatic rings. The van der Waals surface area contributed by atoms with Crippen molar-refractivity contribution in [2.24, 2.45) is 5.41 Å². The summed E-state index contributed by atoms with van der Waals surface area (Å²) in [6, 6.07) is 9.00. The molecule has 1 aromatic heterocycles. The minimum atomic E-state index is -0.728. The molecule has 1 unspecified atom stereocenters. The Morgan fingerprint density at radius 1 is 1.19 bits per heavy atom. The third-order valence-corrected chi connectivity index (χ3v) is 5.73. The number of aliphatic hydroxyl groups excluding tert-OH is 1. The summed E-state index contributed by atoms with van der Waals surface area (Å²) < 4.78 is 0. The number of allylic oxidation sites excluding steroid dienone is 3. The summed E-state index contributed by atoms with van der Waals surface area (Å²) in [5, 5.41) is 14.7. The number of carbonyl (C=O) groups excluding carboxylic acids is 2. The predicted octanol–water partition coefficient (Wildman–Crippen LogP) is 5.69. The molecular formula is C26H25NO3S. The van der Waals surface area contributed by atoms with Gasteiger partial charge in [0.25, 0.3) is 5.91 Å². The van der Waals surface area contributed by atoms with Crippen molar-refractivity contribution >= 4 is 28.7 Å². The van der Waals surface area contributed by atoms with Gasteiger partial charge in [0.1, 0.15) is 0 Å². The first kappa shape index (κ1) is 22.3. The first-order chi connectivity index (χ1) is 14.8. The number of nitrogens with zero attached hydrogens (tertiary/aromatic N) is 1. The van der Waals surface area contributed by atoms with Crippen LogP contribution in [-0.2, 0) is 9.59 Å². The van der Waals surface area contributed by atoms with Crippen molar-refractivity contribution in [2.45, 2.75) is 33.2 Å². The molecule has 5 heteroatoms. The maximum atomic E-state index is 13.1. The summed E-state index contributed by atoms with van der Waals surface area (Å²) in [4.78, 5) is 27.6. The van der Waals surface area contributed by atoms with E-state index in [1.807, 2.05) is 41.8 Å². The molecule has 3 rings (SSSR count). The second-order valence-corrected chi connectivity index (χ2v) is 9.06. The minimum Gasteiger partial charge on any atom is -0.503 e. The van der Waals surface area contributed by atoms with Crippen molar-refractivity contribution < 1.29 is 14.7 Å². The first-order valence-electron chi connectivity index (χ1n) is 9.97. The minimum absolute atomic E-state index is 0.157. The lowest BCUT2D eigenvalue weighted by atomic mass is 9.83. The number of hydrogen-bond donors (Lipinski definition) is 1. The molecular weight excluding hydrogens is 406 g/mol. The van der Waals surface area contributed by atoms with E-state index in [9.17, 15) is 14.7 Å². The highest BCUT2D eigenvalue weighted by atomic mass is 32.1. The molecule has 0 saturated heterocycles. The maximum Gasteiger partial charge on any atom is 0.294 e. The number of Topliss-reactive ketones (excluding diaryl/α,β-unsaturated/α-hetero) is 1. The molecule has 0 spiro atoms. The van der Waals surface area contributed by atoms with Gasteiger partial charge in [-0.3, -0.25) is 14.5 Å². The maximum absolute atomic E-state index is 13.1. The summed E-state index contributed by atoms with van der Waals surface area (Å²) in [7, 11) is 0. The monoisotopic (exact) mass is 431 g/mol. The lowest BCUT2D eigenvalue weighted by molar-refractivity contribution is -0.123. The van der Waals surface area contributed by atoms with Crippen molar-refractivity contribution in [1.82, 2.24) is 0 Å². The van der Waals surface area contributed by atoms with Crippen LogP contribution in [-0.4, -0.2) is 22.8 Å². The van der Waals surface area contributed by atoms with Gasteiger partial charge < -0.3 is 5.11 Å². The summed E-state index contributed by atoms with van der Waals surface area (Å²) >= 11 is 1.62. The van der Waals surface area contributed by atoms with Gasteiger partial charge in [0.2, 0.25) is 0 Å². The van der Waals surface area contributed by atoms with Gasteiger partial charge in [-0.25, -0.2) is 0 Å². The zero-order valence-electron chi connectivity index (χ0n) is 17.8. The molecule has 4 nitrogen and oxygen atoms in total. The third-order valence-electron chi connectivity index (χ3n) is 5.05. The number of aliphatic hydroxyl groups is 1. The van der Waals surface area contributed by atoms with Gasteiger partial charge in [0.05, 0.1) is 11.6 Å². The lowest BCUT2D eigenvalue weighted by Gasteiger charge is -2.28. The first-order valence-corrected chi connectivity index (χ1v) is 10.9. The van der Waals surface area contributed by atoms with E-state index in [0.717, 1.165) is 11.1 Å². The zero-order chi connectivity index (χ0) is 22.6. The number of amides is 1. The topological polar surface area (TPSA) is 57.6 Å². The Bertz CT molecular complexity index is 1090. The van der Waals surface area contributed by atoms with Crippen LogP contribution in [0.15, 0.2) is 76.7 Å². The van der Waals surface area contributed by atoms with Crippen LogP contribution >= 0.6 is 11.3 Å². The van der Waals surface area contributed by atoms with E-state index in [1.54, 1.807) is 50.3 Å². The quantitative estimate of drug-likeness (QED) is 0.472. The SMILES string of the molecule is C#C/C=C\C=C/CC1C(C(=O)C(C)(C)C)=C(O)C(=O)N1c1ccc(-c2ccsc2)cc1. The highest BCUT2D eigenvalue weighted by Gasteiger charge is 2.45. The fraction of sp³-hybridized carbons (Fsp3) is 0.231. The van der Waals surface area contributed by atoms with Crippen molar-refractivity contribution in [2.75, 3.05) is 4.90 Å². The molecule has 2 aromatic rings. The zero-order valence-corrected chi connectivity index (χ0v) is 18.6. The number of terminal acetylenes is 1. The molecule has 0 fully saturated rings. The van der Waals surface area contributed by atoms with Gasteiger partial charge in [0, 0.05) is 11.1 Å². The molecule has 1 N–H and O–H groups in total. The van der Waals surface area contributed by atoms with Gasteiger partial charge in [-0.1, -0.05) is 57.1 Å². The largest absolute Gasteiger partial charge is 0.503 e. The second kappa shape index (κ2) is 9.20. The van der Waals surface area contributed by atoms with Crippen molar-refractivity contribution in [3.05, 3.63) is 76.7 Å². The highest BCUT2D eigenvalue weighted by Crippen LogP contribution is 2.37. The Morgan fingerprint density at radius 2 is 1.90 bits per heavy atom. The Kier molecular flexibility index (Phi) is 6.62. The van der Waals surface area contributed by atoms with Crippen LogP contribution in [0, 0.1) is 17.8 Å². The number of benzene rings is 1.